The molecule has 1 aromatic heterocycles. The van der Waals surface area contributed by atoms with E-state index in [1.165, 1.54) is 44.3 Å². The predicted molar refractivity (Wildman–Crippen MR) is 152 cm³/mol. The summed E-state index contributed by atoms with van der Waals surface area (Å²) >= 11 is 0. The van der Waals surface area contributed by atoms with Gasteiger partial charge >= 0.3 is 0 Å². The number of nitrogen functional groups attached to an aromatic ring is 1. The highest BCUT2D eigenvalue weighted by molar-refractivity contribution is 5.60. The maximum absolute atomic E-state index is 15.2. The molecule has 3 N–H and O–H groups in total. The van der Waals surface area contributed by atoms with Crippen molar-refractivity contribution in [3.05, 3.63) is 35.8 Å². The Labute approximate surface area is 230 Å². The van der Waals surface area contributed by atoms with Crippen LogP contribution in [0.1, 0.15) is 65.6 Å². The number of nitrogens with one attached hydrogen (secondary N) is 1. The first-order chi connectivity index (χ1) is 18.8. The highest BCUT2D eigenvalue weighted by Crippen LogP contribution is 2.52. The number of nitrogens with zero attached hydrogens (tertiary/aromatic N) is 7. The smallest absolute Gasteiger partial charge is 0.248 e. The predicted octanol–water partition coefficient (Wildman–Crippen LogP) is 4.56. The Morgan fingerprint density at radius 3 is 2.59 bits per heavy atom. The standard InChI is InChI=1S/C29H42FN9/c1-19-8-11-29(2,3)25-22(19)17-37-18-38(25)28(37)39-26(31)33-27(34-39)32-20-6-7-24(23(30)16-20)36-14-9-21(10-15-36)35-12-4-5-13-35/h6-7,16-17,19,21,25,28H,4-5,8-15,18H2,1-3H3,(H3,31,32,33,34). The minimum atomic E-state index is -0.218. The molecule has 0 amide bonds. The number of anilines is 4. The fourth-order valence-electron chi connectivity index (χ4n) is 7.78. The van der Waals surface area contributed by atoms with Crippen molar-refractivity contribution in [2.24, 2.45) is 11.3 Å². The summed E-state index contributed by atoms with van der Waals surface area (Å²) in [5.41, 5.74) is 9.38. The molecule has 2 aromatic rings. The van der Waals surface area contributed by atoms with Gasteiger partial charge in [-0.05, 0) is 86.7 Å². The zero-order chi connectivity index (χ0) is 26.9. The molecule has 6 aliphatic rings. The normalized spacial score (nSPS) is 30.6. The fraction of sp³-hybridized carbons (Fsp3) is 0.655. The molecule has 210 valence electrons. The molecule has 0 spiro atoms. The molecule has 4 fully saturated rings. The number of piperidine rings is 1. The second-order valence-electron chi connectivity index (χ2n) is 13.0. The van der Waals surface area contributed by atoms with E-state index in [1.54, 1.807) is 10.7 Å². The average molecular weight is 536 g/mol. The van der Waals surface area contributed by atoms with E-state index in [0.717, 1.165) is 32.6 Å². The SMILES string of the molecule is CC1CCC(C)(C)C2C1=CN1CN2C1n1nc(Nc2ccc(N3CCC(N4CCCC4)CC3)c(F)c2)nc1N. The Balaban J connectivity index is 1.04. The fourth-order valence-corrected chi connectivity index (χ4v) is 7.78. The van der Waals surface area contributed by atoms with Gasteiger partial charge in [0.25, 0.3) is 0 Å². The lowest BCUT2D eigenvalue weighted by Gasteiger charge is -2.63. The summed E-state index contributed by atoms with van der Waals surface area (Å²) < 4.78 is 17.0. The summed E-state index contributed by atoms with van der Waals surface area (Å²) in [5, 5.41) is 7.91. The molecule has 9 nitrogen and oxygen atoms in total. The summed E-state index contributed by atoms with van der Waals surface area (Å²) in [6.07, 6.45) is 9.52. The molecule has 0 radical (unpaired) electrons. The molecule has 1 aliphatic carbocycles. The molecule has 4 atom stereocenters. The van der Waals surface area contributed by atoms with E-state index in [2.05, 4.69) is 56.9 Å². The Morgan fingerprint density at radius 1 is 1.08 bits per heavy atom. The summed E-state index contributed by atoms with van der Waals surface area (Å²) in [4.78, 5) is 14.1. The Bertz CT molecular complexity index is 1260. The average Bonchev–Trinajstić information content (AvgIpc) is 3.57. The number of benzene rings is 1. The molecule has 6 heterocycles. The highest BCUT2D eigenvalue weighted by atomic mass is 19.1. The van der Waals surface area contributed by atoms with E-state index in [1.807, 2.05) is 12.1 Å². The molecule has 3 saturated heterocycles. The Hall–Kier alpha value is -2.85. The van der Waals surface area contributed by atoms with Gasteiger partial charge in [0.15, 0.2) is 6.29 Å². The lowest BCUT2D eigenvalue weighted by molar-refractivity contribution is -0.188. The lowest BCUT2D eigenvalue weighted by Crippen LogP contribution is -2.69. The van der Waals surface area contributed by atoms with Gasteiger partial charge in [-0.2, -0.15) is 9.67 Å². The van der Waals surface area contributed by atoms with E-state index in [0.29, 0.717) is 41.3 Å². The first-order valence-corrected chi connectivity index (χ1v) is 14.8. The highest BCUT2D eigenvalue weighted by Gasteiger charge is 2.54. The first-order valence-electron chi connectivity index (χ1n) is 14.8. The summed E-state index contributed by atoms with van der Waals surface area (Å²) in [6.45, 7) is 12.2. The zero-order valence-corrected chi connectivity index (χ0v) is 23.5. The number of halogens is 1. The third kappa shape index (κ3) is 4.27. The molecule has 10 heteroatoms. The van der Waals surface area contributed by atoms with Crippen LogP contribution in [0.4, 0.5) is 27.7 Å². The van der Waals surface area contributed by atoms with E-state index < -0.39 is 0 Å². The van der Waals surface area contributed by atoms with E-state index in [-0.39, 0.29) is 17.5 Å². The van der Waals surface area contributed by atoms with Crippen LogP contribution in [0.2, 0.25) is 0 Å². The van der Waals surface area contributed by atoms with Crippen molar-refractivity contribution in [1.29, 1.82) is 0 Å². The number of aromatic nitrogens is 3. The third-order valence-electron chi connectivity index (χ3n) is 9.96. The zero-order valence-electron chi connectivity index (χ0n) is 23.5. The number of likely N-dealkylation sites (tertiary alicyclic amines) is 1. The summed E-state index contributed by atoms with van der Waals surface area (Å²) in [5.74, 6) is 1.12. The molecular formula is C29H42FN9. The van der Waals surface area contributed by atoms with Crippen LogP contribution in [-0.2, 0) is 0 Å². The number of nitrogens with two attached hydrogens (primary N) is 1. The number of hydrogen-bond donors (Lipinski definition) is 2. The van der Waals surface area contributed by atoms with Crippen molar-refractivity contribution in [2.45, 2.75) is 77.7 Å². The van der Waals surface area contributed by atoms with Gasteiger partial charge in [-0.25, -0.2) is 9.29 Å². The molecule has 2 bridgehead atoms. The van der Waals surface area contributed by atoms with E-state index >= 15 is 4.39 Å². The minimum Gasteiger partial charge on any atom is -0.369 e. The van der Waals surface area contributed by atoms with Crippen molar-refractivity contribution in [3.8, 4) is 0 Å². The Kier molecular flexibility index (Phi) is 6.04. The van der Waals surface area contributed by atoms with Crippen LogP contribution in [0.5, 0.6) is 0 Å². The van der Waals surface area contributed by atoms with Crippen LogP contribution in [0.3, 0.4) is 0 Å². The maximum atomic E-state index is 15.2. The number of rotatable bonds is 5. The van der Waals surface area contributed by atoms with Gasteiger partial charge in [0.05, 0.1) is 12.4 Å². The van der Waals surface area contributed by atoms with Crippen LogP contribution in [0, 0.1) is 17.2 Å². The second kappa shape index (κ2) is 9.37. The molecule has 1 aromatic carbocycles. The molecule has 5 aliphatic heterocycles. The van der Waals surface area contributed by atoms with Gasteiger partial charge in [0.1, 0.15) is 5.82 Å². The van der Waals surface area contributed by atoms with Crippen LogP contribution >= 0.6 is 0 Å². The van der Waals surface area contributed by atoms with Crippen LogP contribution in [0.15, 0.2) is 30.0 Å². The van der Waals surface area contributed by atoms with Crippen molar-refractivity contribution >= 4 is 23.3 Å². The van der Waals surface area contributed by atoms with Crippen LogP contribution in [0.25, 0.3) is 0 Å². The Morgan fingerprint density at radius 2 is 1.85 bits per heavy atom. The van der Waals surface area contributed by atoms with Gasteiger partial charge < -0.3 is 25.8 Å². The second-order valence-corrected chi connectivity index (χ2v) is 13.0. The van der Waals surface area contributed by atoms with E-state index in [4.69, 9.17) is 10.8 Å². The van der Waals surface area contributed by atoms with Gasteiger partial charge in [0.2, 0.25) is 11.9 Å². The van der Waals surface area contributed by atoms with Crippen molar-refractivity contribution in [2.75, 3.05) is 48.8 Å². The first kappa shape index (κ1) is 25.1. The van der Waals surface area contributed by atoms with Gasteiger partial charge in [0, 0.05) is 37.1 Å². The largest absolute Gasteiger partial charge is 0.369 e. The minimum absolute atomic E-state index is 0.0750. The van der Waals surface area contributed by atoms with E-state index in [9.17, 15) is 0 Å². The van der Waals surface area contributed by atoms with Crippen molar-refractivity contribution in [3.63, 3.8) is 0 Å². The topological polar surface area (TPSA) is 81.7 Å². The maximum Gasteiger partial charge on any atom is 0.248 e. The summed E-state index contributed by atoms with van der Waals surface area (Å²) in [6, 6.07) is 6.36. The third-order valence-corrected chi connectivity index (χ3v) is 9.96. The van der Waals surface area contributed by atoms with Crippen molar-refractivity contribution < 1.29 is 4.39 Å². The quantitative estimate of drug-likeness (QED) is 0.577. The number of hydrogen-bond acceptors (Lipinski definition) is 8. The lowest BCUT2D eigenvalue weighted by atomic mass is 9.65. The van der Waals surface area contributed by atoms with Crippen LogP contribution < -0.4 is 16.0 Å². The molecule has 4 unspecified atom stereocenters. The molecule has 39 heavy (non-hydrogen) atoms. The summed E-state index contributed by atoms with van der Waals surface area (Å²) in [7, 11) is 0. The van der Waals surface area contributed by atoms with Crippen LogP contribution in [-0.4, -0.2) is 74.4 Å². The van der Waals surface area contributed by atoms with Gasteiger partial charge in [-0.15, -0.1) is 5.10 Å². The van der Waals surface area contributed by atoms with Gasteiger partial charge in [-0.1, -0.05) is 20.8 Å². The molecule has 1 saturated carbocycles. The van der Waals surface area contributed by atoms with Gasteiger partial charge in [-0.3, -0.25) is 0 Å². The van der Waals surface area contributed by atoms with Crippen molar-refractivity contribution in [1.82, 2.24) is 29.5 Å². The molecule has 8 rings (SSSR count). The molecular weight excluding hydrogens is 493 g/mol. The monoisotopic (exact) mass is 535 g/mol.